The summed E-state index contributed by atoms with van der Waals surface area (Å²) in [4.78, 5) is 28.8. The highest BCUT2D eigenvalue weighted by Crippen LogP contribution is 2.11. The van der Waals surface area contributed by atoms with Crippen molar-refractivity contribution in [1.82, 2.24) is 5.32 Å². The van der Waals surface area contributed by atoms with Gasteiger partial charge in [-0.2, -0.15) is 0 Å². The fourth-order valence-electron chi connectivity index (χ4n) is 3.30. The van der Waals surface area contributed by atoms with Crippen LogP contribution in [0.1, 0.15) is 39.0 Å². The second-order valence-corrected chi connectivity index (χ2v) is 7.14. The molecule has 134 valence electrons. The van der Waals surface area contributed by atoms with Crippen LogP contribution in [0.2, 0.25) is 0 Å². The first-order valence-electron chi connectivity index (χ1n) is 8.91. The molecule has 2 aromatic rings. The minimum Gasteiger partial charge on any atom is -0.352 e. The Hall–Kier alpha value is -2.75. The largest absolute Gasteiger partial charge is 0.352 e. The van der Waals surface area contributed by atoms with Gasteiger partial charge in [-0.3, -0.25) is 9.59 Å². The Labute approximate surface area is 153 Å². The van der Waals surface area contributed by atoms with Crippen molar-refractivity contribution in [2.24, 2.45) is 10.9 Å². The lowest BCUT2D eigenvalue weighted by Crippen LogP contribution is -2.36. The van der Waals surface area contributed by atoms with Gasteiger partial charge in [0.1, 0.15) is 0 Å². The van der Waals surface area contributed by atoms with E-state index in [1.54, 1.807) is 0 Å². The summed E-state index contributed by atoms with van der Waals surface area (Å²) in [6.45, 7) is 8.46. The lowest BCUT2D eigenvalue weighted by Gasteiger charge is -2.14. The van der Waals surface area contributed by atoms with E-state index in [1.165, 1.54) is 5.56 Å². The number of hydrogen-bond acceptors (Lipinski definition) is 2. The van der Waals surface area contributed by atoms with Crippen LogP contribution in [0, 0.1) is 33.6 Å². The van der Waals surface area contributed by atoms with Crippen LogP contribution in [0.4, 0.5) is 0 Å². The molecule has 0 spiro atoms. The normalized spacial score (nSPS) is 15.7. The topological polar surface area (TPSA) is 58.5 Å². The Morgan fingerprint density at radius 2 is 1.65 bits per heavy atom. The monoisotopic (exact) mass is 348 g/mol. The van der Waals surface area contributed by atoms with Crippen molar-refractivity contribution in [3.05, 3.63) is 68.7 Å². The van der Waals surface area contributed by atoms with Crippen molar-refractivity contribution in [1.29, 1.82) is 0 Å². The summed E-state index contributed by atoms with van der Waals surface area (Å²) in [6.07, 6.45) is 2.52. The Balaban J connectivity index is 1.68. The molecular weight excluding hydrogens is 324 g/mol. The number of rotatable bonds is 4. The van der Waals surface area contributed by atoms with Crippen LogP contribution in [0.5, 0.6) is 0 Å². The van der Waals surface area contributed by atoms with Crippen LogP contribution in [-0.2, 0) is 4.79 Å². The van der Waals surface area contributed by atoms with Gasteiger partial charge in [-0.1, -0.05) is 23.3 Å². The molecule has 1 N–H and O–H groups in total. The molecule has 1 aliphatic heterocycles. The van der Waals surface area contributed by atoms with Crippen LogP contribution >= 0.6 is 0 Å². The average Bonchev–Trinajstić information content (AvgIpc) is 2.56. The van der Waals surface area contributed by atoms with Crippen molar-refractivity contribution in [2.75, 3.05) is 6.54 Å². The van der Waals surface area contributed by atoms with Crippen LogP contribution in [0.25, 0.3) is 6.08 Å². The molecule has 2 amide bonds. The number of amides is 2. The molecule has 0 radical (unpaired) electrons. The molecule has 0 fully saturated rings. The Bertz CT molecular complexity index is 985. The predicted molar refractivity (Wildman–Crippen MR) is 103 cm³/mol. The van der Waals surface area contributed by atoms with E-state index in [9.17, 15) is 9.59 Å². The lowest BCUT2D eigenvalue weighted by molar-refractivity contribution is -0.120. The zero-order valence-electron chi connectivity index (χ0n) is 15.7. The van der Waals surface area contributed by atoms with E-state index >= 15 is 0 Å². The maximum absolute atomic E-state index is 12.3. The van der Waals surface area contributed by atoms with Crippen LogP contribution in [0.15, 0.2) is 35.3 Å². The van der Waals surface area contributed by atoms with Crippen LogP contribution < -0.4 is 15.9 Å². The highest BCUT2D eigenvalue weighted by molar-refractivity contribution is 5.94. The number of carbonyl (C=O) groups excluding carboxylic acids is 2. The van der Waals surface area contributed by atoms with Gasteiger partial charge in [0.2, 0.25) is 0 Å². The third-order valence-corrected chi connectivity index (χ3v) is 4.80. The molecular formula is C22H24N2O2. The molecule has 4 heteroatoms. The molecule has 26 heavy (non-hydrogen) atoms. The molecule has 1 aliphatic rings. The third kappa shape index (κ3) is 3.90. The molecule has 0 bridgehead atoms. The van der Waals surface area contributed by atoms with Gasteiger partial charge in [-0.05, 0) is 74.7 Å². The molecule has 0 saturated carbocycles. The first-order valence-corrected chi connectivity index (χ1v) is 8.91. The van der Waals surface area contributed by atoms with Crippen molar-refractivity contribution in [2.45, 2.75) is 34.1 Å². The van der Waals surface area contributed by atoms with Gasteiger partial charge >= 0.3 is 0 Å². The molecule has 1 unspecified atom stereocenters. The van der Waals surface area contributed by atoms with Gasteiger partial charge in [0, 0.05) is 12.1 Å². The van der Waals surface area contributed by atoms with E-state index in [1.807, 2.05) is 51.1 Å². The Kier molecular flexibility index (Phi) is 5.03. The van der Waals surface area contributed by atoms with E-state index in [2.05, 4.69) is 23.3 Å². The SMILES string of the molecule is Cc1cc(C)cc(C(=O)NCCC2C=c3cc(C)c(C)cc3=NC2=O)c1. The van der Waals surface area contributed by atoms with Gasteiger partial charge in [-0.15, -0.1) is 0 Å². The quantitative estimate of drug-likeness (QED) is 0.922. The number of fused-ring (bicyclic) bond motifs is 1. The van der Waals surface area contributed by atoms with Crippen LogP contribution in [-0.4, -0.2) is 18.4 Å². The zero-order chi connectivity index (χ0) is 18.8. The van der Waals surface area contributed by atoms with Gasteiger partial charge in [0.05, 0.1) is 11.3 Å². The maximum atomic E-state index is 12.3. The van der Waals surface area contributed by atoms with Gasteiger partial charge < -0.3 is 5.32 Å². The van der Waals surface area contributed by atoms with Crippen molar-refractivity contribution >= 4 is 17.9 Å². The minimum absolute atomic E-state index is 0.108. The lowest BCUT2D eigenvalue weighted by atomic mass is 9.98. The average molecular weight is 348 g/mol. The molecule has 3 rings (SSSR count). The number of carbonyl (C=O) groups is 2. The van der Waals surface area contributed by atoms with Gasteiger partial charge in [-0.25, -0.2) is 4.99 Å². The second-order valence-electron chi connectivity index (χ2n) is 7.14. The Morgan fingerprint density at radius 1 is 1.00 bits per heavy atom. The molecule has 2 aromatic carbocycles. The molecule has 1 heterocycles. The molecule has 0 aliphatic carbocycles. The van der Waals surface area contributed by atoms with Gasteiger partial charge in [0.25, 0.3) is 11.8 Å². The summed E-state index contributed by atoms with van der Waals surface area (Å²) in [7, 11) is 0. The van der Waals surface area contributed by atoms with Crippen molar-refractivity contribution in [3.63, 3.8) is 0 Å². The summed E-state index contributed by atoms with van der Waals surface area (Å²) < 4.78 is 0. The van der Waals surface area contributed by atoms with Crippen molar-refractivity contribution in [3.8, 4) is 0 Å². The zero-order valence-corrected chi connectivity index (χ0v) is 15.7. The highest BCUT2D eigenvalue weighted by Gasteiger charge is 2.19. The van der Waals surface area contributed by atoms with E-state index in [4.69, 9.17) is 0 Å². The van der Waals surface area contributed by atoms with E-state index in [0.717, 1.165) is 27.3 Å². The minimum atomic E-state index is -0.288. The first kappa shape index (κ1) is 18.1. The number of benzene rings is 2. The third-order valence-electron chi connectivity index (χ3n) is 4.80. The summed E-state index contributed by atoms with van der Waals surface area (Å²) in [6, 6.07) is 9.81. The fraction of sp³-hybridized carbons (Fsp3) is 0.318. The number of nitrogens with zero attached hydrogens (tertiary/aromatic N) is 1. The Morgan fingerprint density at radius 3 is 2.35 bits per heavy atom. The molecule has 0 aromatic heterocycles. The summed E-state index contributed by atoms with van der Waals surface area (Å²) in [5.41, 5.74) is 5.10. The predicted octanol–water partition coefficient (Wildman–Crippen LogP) is 2.30. The summed E-state index contributed by atoms with van der Waals surface area (Å²) >= 11 is 0. The van der Waals surface area contributed by atoms with E-state index in [0.29, 0.717) is 18.5 Å². The standard InChI is InChI=1S/C22H24N2O2/c1-13-7-14(2)9-19(8-13)21(25)23-6-5-17-12-18-10-15(3)16(4)11-20(18)24-22(17)26/h7-12,17H,5-6H2,1-4H3,(H,23,25). The smallest absolute Gasteiger partial charge is 0.253 e. The number of nitrogens with one attached hydrogen (secondary N) is 1. The molecule has 4 nitrogen and oxygen atoms in total. The fourth-order valence-corrected chi connectivity index (χ4v) is 3.30. The highest BCUT2D eigenvalue weighted by atomic mass is 16.2. The molecule has 0 saturated heterocycles. The van der Waals surface area contributed by atoms with E-state index in [-0.39, 0.29) is 17.7 Å². The summed E-state index contributed by atoms with van der Waals surface area (Å²) in [5.74, 6) is -0.533. The first-order chi connectivity index (χ1) is 12.3. The number of aryl methyl sites for hydroxylation is 4. The molecule has 1 atom stereocenters. The summed E-state index contributed by atoms with van der Waals surface area (Å²) in [5, 5.41) is 4.66. The van der Waals surface area contributed by atoms with Crippen molar-refractivity contribution < 1.29 is 9.59 Å². The second kappa shape index (κ2) is 7.24. The number of hydrogen-bond donors (Lipinski definition) is 1. The van der Waals surface area contributed by atoms with Gasteiger partial charge in [0.15, 0.2) is 0 Å². The maximum Gasteiger partial charge on any atom is 0.253 e. The van der Waals surface area contributed by atoms with Crippen LogP contribution in [0.3, 0.4) is 0 Å². The van der Waals surface area contributed by atoms with E-state index < -0.39 is 0 Å².